The van der Waals surface area contributed by atoms with Crippen molar-refractivity contribution in [3.8, 4) is 0 Å². The van der Waals surface area contributed by atoms with Crippen molar-refractivity contribution in [3.05, 3.63) is 46.8 Å². The smallest absolute Gasteiger partial charge is 0.416 e. The van der Waals surface area contributed by atoms with Crippen molar-refractivity contribution in [1.82, 2.24) is 19.6 Å². The number of carboxylic acids is 1. The number of hydrogen-bond donors (Lipinski definition) is 1. The maximum Gasteiger partial charge on any atom is 0.416 e. The standard InChI is InChI=1S/C25H32F3N5O3/c1-17-15-33(29-21(17)22(34)35)23(36)32-12-8-24(2,9-13-32)30(3)16-18-6-7-19(25(26,27)28)14-20(18)31-10-4-5-11-31/h6-7,14-15H,4-5,8-13,16H2,1-3H3,(H,34,35). The zero-order chi connectivity index (χ0) is 26.3. The lowest BCUT2D eigenvalue weighted by molar-refractivity contribution is -0.137. The number of nitrogens with zero attached hydrogens (tertiary/aromatic N) is 5. The number of carbonyl (C=O) groups is 2. The van der Waals surface area contributed by atoms with Crippen LogP contribution in [0.25, 0.3) is 0 Å². The van der Waals surface area contributed by atoms with Crippen molar-refractivity contribution < 1.29 is 27.9 Å². The number of amides is 1. The summed E-state index contributed by atoms with van der Waals surface area (Å²) < 4.78 is 41.3. The average Bonchev–Trinajstić information content (AvgIpc) is 3.48. The van der Waals surface area contributed by atoms with Crippen molar-refractivity contribution in [3.63, 3.8) is 0 Å². The zero-order valence-corrected chi connectivity index (χ0v) is 20.8. The summed E-state index contributed by atoms with van der Waals surface area (Å²) in [7, 11) is 1.97. The first-order valence-corrected chi connectivity index (χ1v) is 12.1. The van der Waals surface area contributed by atoms with Gasteiger partial charge in [-0.1, -0.05) is 6.07 Å². The van der Waals surface area contributed by atoms with Crippen molar-refractivity contribution in [2.45, 2.75) is 57.8 Å². The molecule has 0 atom stereocenters. The second-order valence-electron chi connectivity index (χ2n) is 10.1. The Morgan fingerprint density at radius 3 is 2.33 bits per heavy atom. The SMILES string of the molecule is Cc1cn(C(=O)N2CCC(C)(N(C)Cc3ccc(C(F)(F)F)cc3N3CCCC3)CC2)nc1C(=O)O. The van der Waals surface area contributed by atoms with Gasteiger partial charge in [0.15, 0.2) is 5.69 Å². The Morgan fingerprint density at radius 1 is 1.14 bits per heavy atom. The highest BCUT2D eigenvalue weighted by Gasteiger charge is 2.37. The largest absolute Gasteiger partial charge is 0.476 e. The Labute approximate surface area is 208 Å². The summed E-state index contributed by atoms with van der Waals surface area (Å²) in [5.74, 6) is -1.18. The molecule has 0 spiro atoms. The number of aromatic carboxylic acids is 1. The van der Waals surface area contributed by atoms with Gasteiger partial charge in [-0.2, -0.15) is 23.0 Å². The summed E-state index contributed by atoms with van der Waals surface area (Å²) in [5.41, 5.74) is 0.898. The Balaban J connectivity index is 1.45. The van der Waals surface area contributed by atoms with Gasteiger partial charge >= 0.3 is 18.2 Å². The number of piperidine rings is 1. The maximum absolute atomic E-state index is 13.4. The van der Waals surface area contributed by atoms with Crippen LogP contribution in [0.1, 0.15) is 59.8 Å². The number of halogens is 3. The third-order valence-electron chi connectivity index (χ3n) is 7.60. The highest BCUT2D eigenvalue weighted by molar-refractivity contribution is 5.88. The molecule has 2 fully saturated rings. The number of carbonyl (C=O) groups excluding carboxylic acids is 1. The van der Waals surface area contributed by atoms with Gasteiger partial charge in [0.2, 0.25) is 0 Å². The predicted octanol–water partition coefficient (Wildman–Crippen LogP) is 4.46. The molecule has 36 heavy (non-hydrogen) atoms. The minimum absolute atomic E-state index is 0.143. The lowest BCUT2D eigenvalue weighted by Gasteiger charge is -2.45. The topological polar surface area (TPSA) is 81.9 Å². The van der Waals surface area contributed by atoms with Crippen LogP contribution in [-0.4, -0.2) is 75.5 Å². The van der Waals surface area contributed by atoms with E-state index < -0.39 is 17.7 Å². The molecule has 2 aromatic rings. The van der Waals surface area contributed by atoms with Gasteiger partial charge in [-0.25, -0.2) is 9.59 Å². The van der Waals surface area contributed by atoms with E-state index in [0.717, 1.165) is 42.2 Å². The molecule has 2 saturated heterocycles. The molecule has 2 aliphatic heterocycles. The van der Waals surface area contributed by atoms with Crippen molar-refractivity contribution in [2.24, 2.45) is 0 Å². The number of rotatable bonds is 5. The summed E-state index contributed by atoms with van der Waals surface area (Å²) in [6.45, 7) is 6.63. The predicted molar refractivity (Wildman–Crippen MR) is 128 cm³/mol. The van der Waals surface area contributed by atoms with Crippen LogP contribution in [0.15, 0.2) is 24.4 Å². The van der Waals surface area contributed by atoms with E-state index in [4.69, 9.17) is 0 Å². The number of carboxylic acid groups (broad SMARTS) is 1. The van der Waals surface area contributed by atoms with E-state index in [2.05, 4.69) is 16.9 Å². The summed E-state index contributed by atoms with van der Waals surface area (Å²) in [6, 6.07) is 3.66. The van der Waals surface area contributed by atoms with Crippen LogP contribution in [-0.2, 0) is 12.7 Å². The van der Waals surface area contributed by atoms with E-state index >= 15 is 0 Å². The van der Waals surface area contributed by atoms with Crippen LogP contribution >= 0.6 is 0 Å². The molecule has 0 saturated carbocycles. The van der Waals surface area contributed by atoms with E-state index in [1.165, 1.54) is 12.3 Å². The van der Waals surface area contributed by atoms with Crippen LogP contribution in [0.4, 0.5) is 23.7 Å². The molecule has 0 radical (unpaired) electrons. The van der Waals surface area contributed by atoms with Gasteiger partial charge in [-0.05, 0) is 64.3 Å². The highest BCUT2D eigenvalue weighted by atomic mass is 19.4. The highest BCUT2D eigenvalue weighted by Crippen LogP contribution is 2.36. The van der Waals surface area contributed by atoms with E-state index in [0.29, 0.717) is 43.7 Å². The molecule has 1 aromatic carbocycles. The molecule has 0 aliphatic carbocycles. The average molecular weight is 508 g/mol. The number of likely N-dealkylation sites (tertiary alicyclic amines) is 1. The van der Waals surface area contributed by atoms with Gasteiger partial charge in [-0.3, -0.25) is 4.90 Å². The number of hydrogen-bond acceptors (Lipinski definition) is 5. The fourth-order valence-electron chi connectivity index (χ4n) is 5.05. The molecule has 196 valence electrons. The van der Waals surface area contributed by atoms with Gasteiger partial charge in [0.1, 0.15) is 0 Å². The number of aromatic nitrogens is 2. The summed E-state index contributed by atoms with van der Waals surface area (Å²) >= 11 is 0. The van der Waals surface area contributed by atoms with Crippen LogP contribution in [0, 0.1) is 6.92 Å². The van der Waals surface area contributed by atoms with Crippen LogP contribution in [0.2, 0.25) is 0 Å². The zero-order valence-electron chi connectivity index (χ0n) is 20.8. The van der Waals surface area contributed by atoms with E-state index in [1.54, 1.807) is 17.9 Å². The van der Waals surface area contributed by atoms with Gasteiger partial charge < -0.3 is 14.9 Å². The molecule has 8 nitrogen and oxygen atoms in total. The Bertz CT molecular complexity index is 1130. The molecule has 2 aliphatic rings. The van der Waals surface area contributed by atoms with Gasteiger partial charge in [0, 0.05) is 55.7 Å². The summed E-state index contributed by atoms with van der Waals surface area (Å²) in [4.78, 5) is 30.0. The molecule has 3 heterocycles. The second kappa shape index (κ2) is 9.76. The molecule has 4 rings (SSSR count). The number of anilines is 1. The Kier molecular flexibility index (Phi) is 7.05. The molecule has 1 aromatic heterocycles. The van der Waals surface area contributed by atoms with Crippen molar-refractivity contribution >= 4 is 17.7 Å². The fourth-order valence-corrected chi connectivity index (χ4v) is 5.05. The fraction of sp³-hybridized carbons (Fsp3) is 0.560. The maximum atomic E-state index is 13.4. The second-order valence-corrected chi connectivity index (χ2v) is 10.1. The molecule has 11 heteroatoms. The minimum Gasteiger partial charge on any atom is -0.476 e. The van der Waals surface area contributed by atoms with Crippen LogP contribution < -0.4 is 4.90 Å². The van der Waals surface area contributed by atoms with Crippen molar-refractivity contribution in [1.29, 1.82) is 0 Å². The number of benzene rings is 1. The Morgan fingerprint density at radius 2 is 1.78 bits per heavy atom. The quantitative estimate of drug-likeness (QED) is 0.644. The monoisotopic (exact) mass is 507 g/mol. The van der Waals surface area contributed by atoms with Gasteiger partial charge in [0.05, 0.1) is 5.56 Å². The molecule has 1 amide bonds. The normalized spacial score (nSPS) is 18.2. The van der Waals surface area contributed by atoms with E-state index in [1.807, 2.05) is 11.9 Å². The summed E-state index contributed by atoms with van der Waals surface area (Å²) in [5, 5.41) is 13.1. The molecular formula is C25H32F3N5O3. The lowest BCUT2D eigenvalue weighted by atomic mass is 9.87. The van der Waals surface area contributed by atoms with Crippen LogP contribution in [0.3, 0.4) is 0 Å². The minimum atomic E-state index is -4.39. The van der Waals surface area contributed by atoms with Crippen LogP contribution in [0.5, 0.6) is 0 Å². The first kappa shape index (κ1) is 26.0. The molecule has 1 N–H and O–H groups in total. The number of alkyl halides is 3. The Hall–Kier alpha value is -3.08. The van der Waals surface area contributed by atoms with E-state index in [-0.39, 0.29) is 17.3 Å². The van der Waals surface area contributed by atoms with E-state index in [9.17, 15) is 27.9 Å². The molecular weight excluding hydrogens is 475 g/mol. The summed E-state index contributed by atoms with van der Waals surface area (Å²) in [6.07, 6.45) is 0.314. The molecule has 0 bridgehead atoms. The first-order chi connectivity index (χ1) is 16.9. The molecule has 0 unspecified atom stereocenters. The van der Waals surface area contributed by atoms with Gasteiger partial charge in [0.25, 0.3) is 0 Å². The van der Waals surface area contributed by atoms with Gasteiger partial charge in [-0.15, -0.1) is 0 Å². The first-order valence-electron chi connectivity index (χ1n) is 12.1. The van der Waals surface area contributed by atoms with Crippen molar-refractivity contribution in [2.75, 3.05) is 38.1 Å². The number of aryl methyl sites for hydroxylation is 1. The third kappa shape index (κ3) is 5.21. The third-order valence-corrected chi connectivity index (χ3v) is 7.60. The lowest BCUT2D eigenvalue weighted by Crippen LogP contribution is -2.53.